The molecule has 0 aromatic rings. The molecule has 0 bridgehead atoms. The molecule has 1 saturated heterocycles. The van der Waals surface area contributed by atoms with Gasteiger partial charge in [0.25, 0.3) is 0 Å². The standard InChI is InChI=1S/C17H34N2O/c1-13(2)15-7-6-8-17(9-15,11-18)19-10-14(3)20-16(4,5)12-19/h13-15H,6-12,18H2,1-5H3. The lowest BCUT2D eigenvalue weighted by Gasteiger charge is -2.54. The van der Waals surface area contributed by atoms with Crippen molar-refractivity contribution in [2.45, 2.75) is 77.5 Å². The van der Waals surface area contributed by atoms with Crippen molar-refractivity contribution in [2.24, 2.45) is 17.6 Å². The minimum atomic E-state index is -0.0510. The van der Waals surface area contributed by atoms with E-state index in [1.807, 2.05) is 0 Å². The quantitative estimate of drug-likeness (QED) is 0.864. The second-order valence-electron chi connectivity index (χ2n) is 8.10. The molecule has 20 heavy (non-hydrogen) atoms. The Morgan fingerprint density at radius 1 is 1.35 bits per heavy atom. The molecular weight excluding hydrogens is 248 g/mol. The minimum absolute atomic E-state index is 0.0510. The summed E-state index contributed by atoms with van der Waals surface area (Å²) in [5, 5.41) is 0. The second-order valence-corrected chi connectivity index (χ2v) is 8.10. The zero-order valence-electron chi connectivity index (χ0n) is 14.1. The molecule has 118 valence electrons. The van der Waals surface area contributed by atoms with Crippen LogP contribution >= 0.6 is 0 Å². The first-order chi connectivity index (χ1) is 9.28. The Bertz CT molecular complexity index is 329. The van der Waals surface area contributed by atoms with Gasteiger partial charge in [0.05, 0.1) is 11.7 Å². The van der Waals surface area contributed by atoms with Crippen LogP contribution in [0.4, 0.5) is 0 Å². The number of nitrogens with two attached hydrogens (primary N) is 1. The molecular formula is C17H34N2O. The molecule has 1 aliphatic heterocycles. The lowest BCUT2D eigenvalue weighted by atomic mass is 9.70. The highest BCUT2D eigenvalue weighted by molar-refractivity contribution is 5.00. The smallest absolute Gasteiger partial charge is 0.0757 e. The normalized spacial score (nSPS) is 39.1. The molecule has 3 heteroatoms. The predicted molar refractivity (Wildman–Crippen MR) is 84.8 cm³/mol. The van der Waals surface area contributed by atoms with Crippen molar-refractivity contribution in [1.82, 2.24) is 4.90 Å². The van der Waals surface area contributed by atoms with Crippen molar-refractivity contribution >= 4 is 0 Å². The Morgan fingerprint density at radius 2 is 2.05 bits per heavy atom. The van der Waals surface area contributed by atoms with Crippen molar-refractivity contribution in [1.29, 1.82) is 0 Å². The maximum atomic E-state index is 6.28. The van der Waals surface area contributed by atoms with E-state index in [2.05, 4.69) is 39.5 Å². The fourth-order valence-electron chi connectivity index (χ4n) is 4.37. The van der Waals surface area contributed by atoms with Crippen LogP contribution in [-0.4, -0.2) is 41.8 Å². The molecule has 2 rings (SSSR count). The average molecular weight is 282 g/mol. The zero-order valence-corrected chi connectivity index (χ0v) is 14.1. The van der Waals surface area contributed by atoms with Crippen LogP contribution in [-0.2, 0) is 4.74 Å². The Morgan fingerprint density at radius 3 is 2.60 bits per heavy atom. The third-order valence-electron chi connectivity index (χ3n) is 5.42. The van der Waals surface area contributed by atoms with Gasteiger partial charge in [-0.3, -0.25) is 4.90 Å². The molecule has 0 radical (unpaired) electrons. The lowest BCUT2D eigenvalue weighted by Crippen LogP contribution is -2.64. The number of hydrogen-bond donors (Lipinski definition) is 1. The van der Waals surface area contributed by atoms with E-state index in [4.69, 9.17) is 10.5 Å². The average Bonchev–Trinajstić information content (AvgIpc) is 2.36. The predicted octanol–water partition coefficient (Wildman–Crippen LogP) is 3.03. The summed E-state index contributed by atoms with van der Waals surface area (Å²) in [5.41, 5.74) is 6.44. The van der Waals surface area contributed by atoms with Crippen LogP contribution in [0.2, 0.25) is 0 Å². The molecule has 3 unspecified atom stereocenters. The third kappa shape index (κ3) is 3.37. The van der Waals surface area contributed by atoms with Gasteiger partial charge in [-0.25, -0.2) is 0 Å². The summed E-state index contributed by atoms with van der Waals surface area (Å²) in [7, 11) is 0. The van der Waals surface area contributed by atoms with Gasteiger partial charge in [-0.05, 0) is 45.4 Å². The number of nitrogens with zero attached hydrogens (tertiary/aromatic N) is 1. The van der Waals surface area contributed by atoms with Gasteiger partial charge in [0.2, 0.25) is 0 Å². The van der Waals surface area contributed by atoms with Gasteiger partial charge in [0.15, 0.2) is 0 Å². The van der Waals surface area contributed by atoms with Crippen molar-refractivity contribution < 1.29 is 4.74 Å². The van der Waals surface area contributed by atoms with Crippen molar-refractivity contribution in [2.75, 3.05) is 19.6 Å². The van der Waals surface area contributed by atoms with Crippen LogP contribution in [0.3, 0.4) is 0 Å². The molecule has 1 heterocycles. The maximum Gasteiger partial charge on any atom is 0.0757 e. The van der Waals surface area contributed by atoms with Gasteiger partial charge in [-0.15, -0.1) is 0 Å². The lowest BCUT2D eigenvalue weighted by molar-refractivity contribution is -0.160. The van der Waals surface area contributed by atoms with E-state index < -0.39 is 0 Å². The summed E-state index contributed by atoms with van der Waals surface area (Å²) in [5.74, 6) is 1.60. The Labute approximate surface area is 125 Å². The van der Waals surface area contributed by atoms with Gasteiger partial charge in [-0.1, -0.05) is 26.7 Å². The molecule has 0 aromatic carbocycles. The molecule has 0 spiro atoms. The molecule has 2 N–H and O–H groups in total. The van der Waals surface area contributed by atoms with Crippen molar-refractivity contribution in [3.8, 4) is 0 Å². The maximum absolute atomic E-state index is 6.28. The summed E-state index contributed by atoms with van der Waals surface area (Å²) in [6.45, 7) is 14.2. The molecule has 3 nitrogen and oxygen atoms in total. The highest BCUT2D eigenvalue weighted by Crippen LogP contribution is 2.41. The van der Waals surface area contributed by atoms with E-state index in [0.717, 1.165) is 31.5 Å². The highest BCUT2D eigenvalue weighted by atomic mass is 16.5. The molecule has 0 amide bonds. The first-order valence-corrected chi connectivity index (χ1v) is 8.41. The highest BCUT2D eigenvalue weighted by Gasteiger charge is 2.45. The van der Waals surface area contributed by atoms with Gasteiger partial charge in [-0.2, -0.15) is 0 Å². The Hall–Kier alpha value is -0.120. The Balaban J connectivity index is 2.17. The van der Waals surface area contributed by atoms with E-state index in [1.54, 1.807) is 0 Å². The summed E-state index contributed by atoms with van der Waals surface area (Å²) < 4.78 is 6.08. The molecule has 0 aromatic heterocycles. The van der Waals surface area contributed by atoms with E-state index in [0.29, 0.717) is 6.10 Å². The first kappa shape index (κ1) is 16.3. The molecule has 2 fully saturated rings. The van der Waals surface area contributed by atoms with Gasteiger partial charge in [0, 0.05) is 25.2 Å². The van der Waals surface area contributed by atoms with Crippen LogP contribution in [0.5, 0.6) is 0 Å². The fraction of sp³-hybridized carbons (Fsp3) is 1.00. The SMILES string of the molecule is CC1CN(C2(CN)CCCC(C(C)C)C2)CC(C)(C)O1. The number of ether oxygens (including phenoxy) is 1. The number of morpholine rings is 1. The van der Waals surface area contributed by atoms with E-state index in [-0.39, 0.29) is 11.1 Å². The topological polar surface area (TPSA) is 38.5 Å². The summed E-state index contributed by atoms with van der Waals surface area (Å²) in [6.07, 6.45) is 5.54. The van der Waals surface area contributed by atoms with Crippen LogP contribution in [0, 0.1) is 11.8 Å². The van der Waals surface area contributed by atoms with Gasteiger partial charge < -0.3 is 10.5 Å². The molecule has 1 saturated carbocycles. The number of hydrogen-bond acceptors (Lipinski definition) is 3. The minimum Gasteiger partial charge on any atom is -0.370 e. The van der Waals surface area contributed by atoms with Gasteiger partial charge in [0.1, 0.15) is 0 Å². The van der Waals surface area contributed by atoms with Crippen LogP contribution in [0.1, 0.15) is 60.3 Å². The second kappa shape index (κ2) is 5.94. The summed E-state index contributed by atoms with van der Waals surface area (Å²) in [6, 6.07) is 0. The summed E-state index contributed by atoms with van der Waals surface area (Å²) >= 11 is 0. The van der Waals surface area contributed by atoms with Gasteiger partial charge >= 0.3 is 0 Å². The molecule has 1 aliphatic carbocycles. The van der Waals surface area contributed by atoms with E-state index >= 15 is 0 Å². The molecule has 3 atom stereocenters. The fourth-order valence-corrected chi connectivity index (χ4v) is 4.37. The monoisotopic (exact) mass is 282 g/mol. The van der Waals surface area contributed by atoms with Crippen LogP contribution < -0.4 is 5.73 Å². The third-order valence-corrected chi connectivity index (χ3v) is 5.42. The number of rotatable bonds is 3. The van der Waals surface area contributed by atoms with Crippen LogP contribution in [0.15, 0.2) is 0 Å². The molecule has 2 aliphatic rings. The zero-order chi connectivity index (χ0) is 15.0. The summed E-state index contributed by atoms with van der Waals surface area (Å²) in [4.78, 5) is 2.66. The van der Waals surface area contributed by atoms with Crippen molar-refractivity contribution in [3.63, 3.8) is 0 Å². The van der Waals surface area contributed by atoms with Crippen molar-refractivity contribution in [3.05, 3.63) is 0 Å². The first-order valence-electron chi connectivity index (χ1n) is 8.41. The largest absolute Gasteiger partial charge is 0.370 e. The van der Waals surface area contributed by atoms with E-state index in [1.165, 1.54) is 25.7 Å². The van der Waals surface area contributed by atoms with Crippen LogP contribution in [0.25, 0.3) is 0 Å². The Kier molecular flexibility index (Phi) is 4.83. The van der Waals surface area contributed by atoms with E-state index in [9.17, 15) is 0 Å².